The lowest BCUT2D eigenvalue weighted by Crippen LogP contribution is -2.16. The summed E-state index contributed by atoms with van der Waals surface area (Å²) in [4.78, 5) is 12.1. The molecular weight excluding hydrogens is 322 g/mol. The van der Waals surface area contributed by atoms with E-state index in [-0.39, 0.29) is 11.7 Å². The molecule has 0 saturated carbocycles. The van der Waals surface area contributed by atoms with Crippen LogP contribution in [0, 0.1) is 6.92 Å². The Balaban J connectivity index is 1.67. The van der Waals surface area contributed by atoms with Gasteiger partial charge < -0.3 is 5.32 Å². The number of carbonyl (C=O) groups is 1. The lowest BCUT2D eigenvalue weighted by molar-refractivity contribution is -0.113. The Morgan fingerprint density at radius 3 is 2.54 bits per heavy atom. The highest BCUT2D eigenvalue weighted by Gasteiger charge is 2.14. The van der Waals surface area contributed by atoms with Crippen molar-refractivity contribution in [2.45, 2.75) is 25.4 Å². The Kier molecular flexibility index (Phi) is 5.00. The summed E-state index contributed by atoms with van der Waals surface area (Å²) in [7, 11) is 0. The number of anilines is 1. The van der Waals surface area contributed by atoms with Crippen LogP contribution in [0.15, 0.2) is 53.9 Å². The molecule has 0 unspecified atom stereocenters. The fourth-order valence-corrected chi connectivity index (χ4v) is 3.01. The summed E-state index contributed by atoms with van der Waals surface area (Å²) in [5.41, 5.74) is 1.96. The van der Waals surface area contributed by atoms with Gasteiger partial charge in [0.25, 0.3) is 0 Å². The number of aryl methyl sites for hydroxylation is 2. The van der Waals surface area contributed by atoms with E-state index in [1.54, 1.807) is 0 Å². The van der Waals surface area contributed by atoms with Gasteiger partial charge in [-0.15, -0.1) is 10.2 Å². The smallest absolute Gasteiger partial charge is 0.234 e. The van der Waals surface area contributed by atoms with E-state index < -0.39 is 0 Å². The maximum atomic E-state index is 12.1. The number of nitrogens with zero attached hydrogens (tertiary/aromatic N) is 4. The van der Waals surface area contributed by atoms with E-state index in [1.807, 2.05) is 72.0 Å². The molecule has 6 nitrogen and oxygen atoms in total. The summed E-state index contributed by atoms with van der Waals surface area (Å²) < 4.78 is 3.84. The number of nitrogens with one attached hydrogen (secondary N) is 1. The Morgan fingerprint density at radius 1 is 1.17 bits per heavy atom. The molecule has 7 heteroatoms. The molecule has 0 spiro atoms. The van der Waals surface area contributed by atoms with Crippen molar-refractivity contribution in [3.05, 3.63) is 60.2 Å². The minimum atomic E-state index is -0.0658. The van der Waals surface area contributed by atoms with Crippen molar-refractivity contribution >= 4 is 23.4 Å². The molecule has 0 bridgehead atoms. The Bertz CT molecular complexity index is 808. The molecule has 2 heterocycles. The first-order chi connectivity index (χ1) is 11.7. The lowest BCUT2D eigenvalue weighted by Gasteiger charge is -2.10. The maximum absolute atomic E-state index is 12.1. The zero-order valence-electron chi connectivity index (χ0n) is 13.6. The molecule has 24 heavy (non-hydrogen) atoms. The second-order valence-electron chi connectivity index (χ2n) is 5.33. The number of hydrogen-bond acceptors (Lipinski definition) is 4. The highest BCUT2D eigenvalue weighted by molar-refractivity contribution is 7.99. The van der Waals surface area contributed by atoms with E-state index >= 15 is 0 Å². The predicted molar refractivity (Wildman–Crippen MR) is 95.2 cm³/mol. The standard InChI is InChI=1S/C17H19N5OS/c1-3-15-19-20-17(22(15)21-10-4-5-11-21)24-12-16(23)18-14-8-6-13(2)7-9-14/h4-11H,3,12H2,1-2H3,(H,18,23). The van der Waals surface area contributed by atoms with E-state index in [2.05, 4.69) is 15.5 Å². The molecule has 0 radical (unpaired) electrons. The highest BCUT2D eigenvalue weighted by atomic mass is 32.2. The summed E-state index contributed by atoms with van der Waals surface area (Å²) in [5, 5.41) is 12.0. The van der Waals surface area contributed by atoms with E-state index in [4.69, 9.17) is 0 Å². The highest BCUT2D eigenvalue weighted by Crippen LogP contribution is 2.18. The average molecular weight is 341 g/mol. The molecular formula is C17H19N5OS. The maximum Gasteiger partial charge on any atom is 0.234 e. The normalized spacial score (nSPS) is 10.8. The lowest BCUT2D eigenvalue weighted by atomic mass is 10.2. The number of thioether (sulfide) groups is 1. The second kappa shape index (κ2) is 7.35. The van der Waals surface area contributed by atoms with Crippen molar-refractivity contribution in [3.8, 4) is 0 Å². The van der Waals surface area contributed by atoms with Gasteiger partial charge in [-0.2, -0.15) is 0 Å². The molecule has 0 fully saturated rings. The van der Waals surface area contributed by atoms with Gasteiger partial charge in [0, 0.05) is 24.5 Å². The fraction of sp³-hybridized carbons (Fsp3) is 0.235. The summed E-state index contributed by atoms with van der Waals surface area (Å²) in [6, 6.07) is 11.6. The monoisotopic (exact) mass is 341 g/mol. The van der Waals surface area contributed by atoms with Crippen molar-refractivity contribution in [1.29, 1.82) is 0 Å². The number of aromatic nitrogens is 4. The molecule has 0 atom stereocenters. The number of benzene rings is 1. The summed E-state index contributed by atoms with van der Waals surface area (Å²) >= 11 is 1.37. The van der Waals surface area contributed by atoms with E-state index in [0.29, 0.717) is 5.16 Å². The molecule has 3 aromatic rings. The average Bonchev–Trinajstić information content (AvgIpc) is 3.23. The van der Waals surface area contributed by atoms with Gasteiger partial charge in [0.2, 0.25) is 11.1 Å². The zero-order chi connectivity index (χ0) is 16.9. The Labute approximate surface area is 144 Å². The third-order valence-corrected chi connectivity index (χ3v) is 4.40. The van der Waals surface area contributed by atoms with Gasteiger partial charge in [0.1, 0.15) is 0 Å². The van der Waals surface area contributed by atoms with Gasteiger partial charge in [-0.25, -0.2) is 4.68 Å². The Morgan fingerprint density at radius 2 is 1.88 bits per heavy atom. The first kappa shape index (κ1) is 16.3. The minimum Gasteiger partial charge on any atom is -0.325 e. The third kappa shape index (κ3) is 3.68. The Hall–Kier alpha value is -2.54. The van der Waals surface area contributed by atoms with Crippen LogP contribution in [0.2, 0.25) is 0 Å². The van der Waals surface area contributed by atoms with Crippen molar-refractivity contribution in [3.63, 3.8) is 0 Å². The van der Waals surface area contributed by atoms with Gasteiger partial charge in [0.05, 0.1) is 5.75 Å². The number of rotatable bonds is 6. The molecule has 124 valence electrons. The van der Waals surface area contributed by atoms with Crippen LogP contribution in [0.4, 0.5) is 5.69 Å². The van der Waals surface area contributed by atoms with Crippen LogP contribution in [0.5, 0.6) is 0 Å². The van der Waals surface area contributed by atoms with Gasteiger partial charge in [-0.3, -0.25) is 9.47 Å². The van der Waals surface area contributed by atoms with E-state index in [9.17, 15) is 4.79 Å². The molecule has 0 aliphatic heterocycles. The molecule has 0 aliphatic carbocycles. The van der Waals surface area contributed by atoms with Gasteiger partial charge in [-0.1, -0.05) is 36.4 Å². The van der Waals surface area contributed by atoms with Crippen LogP contribution in [-0.4, -0.2) is 31.2 Å². The number of hydrogen-bond donors (Lipinski definition) is 1. The van der Waals surface area contributed by atoms with Crippen LogP contribution >= 0.6 is 11.8 Å². The number of carbonyl (C=O) groups excluding carboxylic acids is 1. The van der Waals surface area contributed by atoms with Gasteiger partial charge >= 0.3 is 0 Å². The summed E-state index contributed by atoms with van der Waals surface area (Å²) in [6.45, 7) is 4.05. The van der Waals surface area contributed by atoms with Crippen LogP contribution in [0.3, 0.4) is 0 Å². The predicted octanol–water partition coefficient (Wildman–Crippen LogP) is 2.99. The van der Waals surface area contributed by atoms with Crippen LogP contribution in [-0.2, 0) is 11.2 Å². The molecule has 1 N–H and O–H groups in total. The van der Waals surface area contributed by atoms with E-state index in [0.717, 1.165) is 23.5 Å². The number of amides is 1. The SMILES string of the molecule is CCc1nnc(SCC(=O)Nc2ccc(C)cc2)n1-n1cccc1. The molecule has 1 amide bonds. The molecule has 1 aromatic carbocycles. The van der Waals surface area contributed by atoms with Crippen LogP contribution in [0.25, 0.3) is 0 Å². The molecule has 0 aliphatic rings. The molecule has 3 rings (SSSR count). The zero-order valence-corrected chi connectivity index (χ0v) is 14.5. The quantitative estimate of drug-likeness (QED) is 0.700. The van der Waals surface area contributed by atoms with Crippen molar-refractivity contribution in [2.75, 3.05) is 11.1 Å². The fourth-order valence-electron chi connectivity index (χ4n) is 2.26. The van der Waals surface area contributed by atoms with Crippen molar-refractivity contribution < 1.29 is 4.79 Å². The summed E-state index contributed by atoms with van der Waals surface area (Å²) in [5.74, 6) is 1.06. The van der Waals surface area contributed by atoms with Crippen LogP contribution in [0.1, 0.15) is 18.3 Å². The molecule has 2 aromatic heterocycles. The first-order valence-corrected chi connectivity index (χ1v) is 8.73. The topological polar surface area (TPSA) is 64.7 Å². The first-order valence-electron chi connectivity index (χ1n) is 7.74. The summed E-state index contributed by atoms with van der Waals surface area (Å²) in [6.07, 6.45) is 4.62. The van der Waals surface area contributed by atoms with Crippen molar-refractivity contribution in [2.24, 2.45) is 0 Å². The van der Waals surface area contributed by atoms with Gasteiger partial charge in [-0.05, 0) is 31.2 Å². The van der Waals surface area contributed by atoms with Gasteiger partial charge in [0.15, 0.2) is 5.82 Å². The van der Waals surface area contributed by atoms with Crippen LogP contribution < -0.4 is 5.32 Å². The molecule has 0 saturated heterocycles. The van der Waals surface area contributed by atoms with E-state index in [1.165, 1.54) is 11.8 Å². The van der Waals surface area contributed by atoms with Crippen molar-refractivity contribution in [1.82, 2.24) is 19.5 Å². The third-order valence-electron chi connectivity index (χ3n) is 3.48. The second-order valence-corrected chi connectivity index (χ2v) is 6.27. The minimum absolute atomic E-state index is 0.0658. The largest absolute Gasteiger partial charge is 0.325 e.